The van der Waals surface area contributed by atoms with Gasteiger partial charge in [-0.05, 0) is 44.9 Å². The Kier molecular flexibility index (Phi) is 6.86. The lowest BCUT2D eigenvalue weighted by atomic mass is 10.1. The predicted molar refractivity (Wildman–Crippen MR) is 86.7 cm³/mol. The van der Waals surface area contributed by atoms with E-state index in [9.17, 15) is 4.79 Å². The van der Waals surface area contributed by atoms with Crippen molar-refractivity contribution in [3.05, 3.63) is 28.8 Å². The summed E-state index contributed by atoms with van der Waals surface area (Å²) in [6, 6.07) is 5.68. The molecule has 1 unspecified atom stereocenters. The molecule has 1 amide bonds. The highest BCUT2D eigenvalue weighted by molar-refractivity contribution is 6.31. The molecule has 0 aromatic heterocycles. The van der Waals surface area contributed by atoms with Gasteiger partial charge >= 0.3 is 0 Å². The number of nitrogens with zero attached hydrogens (tertiary/aromatic N) is 1. The maximum absolute atomic E-state index is 12.7. The number of hydrogen-bond donors (Lipinski definition) is 1. The van der Waals surface area contributed by atoms with Crippen LogP contribution >= 0.6 is 11.6 Å². The zero-order chi connectivity index (χ0) is 15.1. The van der Waals surface area contributed by atoms with E-state index in [0.29, 0.717) is 17.1 Å². The molecule has 20 heavy (non-hydrogen) atoms. The number of carbonyl (C=O) groups excluding carboxylic acids is 1. The Morgan fingerprint density at radius 2 is 2.05 bits per heavy atom. The molecular formula is C16H25ClN2O. The fraction of sp³-hybridized carbons (Fsp3) is 0.562. The standard InChI is InChI=1S/C16H25ClN2O/c1-5-10-18-15-9-8-13(17)11-14(15)16(20)19(7-3)12(4)6-2/h8-9,11-12,18H,5-7,10H2,1-4H3. The minimum atomic E-state index is 0.0444. The highest BCUT2D eigenvalue weighted by atomic mass is 35.5. The smallest absolute Gasteiger partial charge is 0.256 e. The van der Waals surface area contributed by atoms with Crippen molar-refractivity contribution in [2.45, 2.75) is 46.6 Å². The summed E-state index contributed by atoms with van der Waals surface area (Å²) in [5, 5.41) is 3.89. The van der Waals surface area contributed by atoms with Crippen molar-refractivity contribution < 1.29 is 4.79 Å². The van der Waals surface area contributed by atoms with Gasteiger partial charge in [-0.1, -0.05) is 25.4 Å². The Bertz CT molecular complexity index is 448. The average molecular weight is 297 g/mol. The van der Waals surface area contributed by atoms with Crippen LogP contribution < -0.4 is 5.32 Å². The van der Waals surface area contributed by atoms with Crippen molar-refractivity contribution in [2.24, 2.45) is 0 Å². The molecule has 0 heterocycles. The molecule has 1 rings (SSSR count). The summed E-state index contributed by atoms with van der Waals surface area (Å²) < 4.78 is 0. The highest BCUT2D eigenvalue weighted by Gasteiger charge is 2.21. The first-order chi connectivity index (χ1) is 9.54. The van der Waals surface area contributed by atoms with Crippen molar-refractivity contribution in [2.75, 3.05) is 18.4 Å². The Labute approximate surface area is 127 Å². The molecule has 1 N–H and O–H groups in total. The number of rotatable bonds is 7. The summed E-state index contributed by atoms with van der Waals surface area (Å²) >= 11 is 6.06. The van der Waals surface area contributed by atoms with E-state index in [1.54, 1.807) is 6.07 Å². The Morgan fingerprint density at radius 3 is 2.60 bits per heavy atom. The summed E-state index contributed by atoms with van der Waals surface area (Å²) in [7, 11) is 0. The van der Waals surface area contributed by atoms with Crippen molar-refractivity contribution >= 4 is 23.2 Å². The molecule has 0 aliphatic heterocycles. The largest absolute Gasteiger partial charge is 0.384 e. The first-order valence-electron chi connectivity index (χ1n) is 7.39. The van der Waals surface area contributed by atoms with Crippen LogP contribution in [0.15, 0.2) is 18.2 Å². The number of nitrogens with one attached hydrogen (secondary N) is 1. The third-order valence-corrected chi connectivity index (χ3v) is 3.74. The SMILES string of the molecule is CCCNc1ccc(Cl)cc1C(=O)N(CC)C(C)CC. The van der Waals surface area contributed by atoms with Crippen LogP contribution in [0.3, 0.4) is 0 Å². The first-order valence-corrected chi connectivity index (χ1v) is 7.77. The maximum atomic E-state index is 12.7. The number of carbonyl (C=O) groups is 1. The zero-order valence-electron chi connectivity index (χ0n) is 12.9. The van der Waals surface area contributed by atoms with Gasteiger partial charge in [0.1, 0.15) is 0 Å². The van der Waals surface area contributed by atoms with Crippen molar-refractivity contribution in [3.8, 4) is 0 Å². The monoisotopic (exact) mass is 296 g/mol. The van der Waals surface area contributed by atoms with Crippen LogP contribution in [0.1, 0.15) is 50.9 Å². The summed E-state index contributed by atoms with van der Waals surface area (Å²) in [6.45, 7) is 9.82. The van der Waals surface area contributed by atoms with E-state index < -0.39 is 0 Å². The number of halogens is 1. The lowest BCUT2D eigenvalue weighted by molar-refractivity contribution is 0.0701. The van der Waals surface area contributed by atoms with E-state index in [1.165, 1.54) is 0 Å². The molecule has 0 saturated carbocycles. The molecule has 0 saturated heterocycles. The zero-order valence-corrected chi connectivity index (χ0v) is 13.6. The number of amides is 1. The number of benzene rings is 1. The van der Waals surface area contributed by atoms with E-state index in [0.717, 1.165) is 25.1 Å². The van der Waals surface area contributed by atoms with Crippen LogP contribution in [0, 0.1) is 0 Å². The van der Waals surface area contributed by atoms with Gasteiger partial charge in [-0.3, -0.25) is 4.79 Å². The van der Waals surface area contributed by atoms with Gasteiger partial charge in [0.15, 0.2) is 0 Å². The lowest BCUT2D eigenvalue weighted by Crippen LogP contribution is -2.38. The maximum Gasteiger partial charge on any atom is 0.256 e. The van der Waals surface area contributed by atoms with Gasteiger partial charge in [-0.2, -0.15) is 0 Å². The van der Waals surface area contributed by atoms with E-state index in [1.807, 2.05) is 24.0 Å². The van der Waals surface area contributed by atoms with Crippen LogP contribution in [0.25, 0.3) is 0 Å². The molecule has 3 nitrogen and oxygen atoms in total. The molecule has 0 aliphatic rings. The highest BCUT2D eigenvalue weighted by Crippen LogP contribution is 2.23. The van der Waals surface area contributed by atoms with Gasteiger partial charge in [-0.15, -0.1) is 0 Å². The fourth-order valence-electron chi connectivity index (χ4n) is 2.14. The molecule has 1 atom stereocenters. The Balaban J connectivity index is 3.08. The van der Waals surface area contributed by atoms with Gasteiger partial charge in [-0.25, -0.2) is 0 Å². The van der Waals surface area contributed by atoms with E-state index in [2.05, 4.69) is 26.1 Å². The second-order valence-electron chi connectivity index (χ2n) is 4.97. The minimum Gasteiger partial charge on any atom is -0.384 e. The molecule has 0 aliphatic carbocycles. The molecule has 0 spiro atoms. The third kappa shape index (κ3) is 4.14. The second-order valence-corrected chi connectivity index (χ2v) is 5.40. The van der Waals surface area contributed by atoms with Gasteiger partial charge in [0.2, 0.25) is 0 Å². The van der Waals surface area contributed by atoms with E-state index >= 15 is 0 Å². The molecule has 1 aromatic carbocycles. The van der Waals surface area contributed by atoms with Gasteiger partial charge in [0.05, 0.1) is 5.56 Å². The van der Waals surface area contributed by atoms with Crippen molar-refractivity contribution in [3.63, 3.8) is 0 Å². The van der Waals surface area contributed by atoms with E-state index in [-0.39, 0.29) is 11.9 Å². The summed E-state index contributed by atoms with van der Waals surface area (Å²) in [5.74, 6) is 0.0444. The topological polar surface area (TPSA) is 32.3 Å². The number of hydrogen-bond acceptors (Lipinski definition) is 2. The van der Waals surface area contributed by atoms with Crippen LogP contribution in [0.2, 0.25) is 5.02 Å². The summed E-state index contributed by atoms with van der Waals surface area (Å²) in [4.78, 5) is 14.6. The molecule has 1 aromatic rings. The van der Waals surface area contributed by atoms with E-state index in [4.69, 9.17) is 11.6 Å². The molecule has 0 fully saturated rings. The second kappa shape index (κ2) is 8.15. The first kappa shape index (κ1) is 16.8. The van der Waals surface area contributed by atoms with Crippen LogP contribution in [-0.2, 0) is 0 Å². The van der Waals surface area contributed by atoms with Crippen molar-refractivity contribution in [1.82, 2.24) is 4.90 Å². The van der Waals surface area contributed by atoms with Crippen LogP contribution in [0.5, 0.6) is 0 Å². The van der Waals surface area contributed by atoms with Gasteiger partial charge in [0.25, 0.3) is 5.91 Å². The van der Waals surface area contributed by atoms with Crippen LogP contribution in [-0.4, -0.2) is 29.9 Å². The van der Waals surface area contributed by atoms with Gasteiger partial charge in [0, 0.05) is 29.8 Å². The molecule has 112 valence electrons. The third-order valence-electron chi connectivity index (χ3n) is 3.50. The Morgan fingerprint density at radius 1 is 1.35 bits per heavy atom. The lowest BCUT2D eigenvalue weighted by Gasteiger charge is -2.28. The molecule has 0 radical (unpaired) electrons. The predicted octanol–water partition coefficient (Wildman–Crippen LogP) is 4.42. The molecule has 0 bridgehead atoms. The molecule has 4 heteroatoms. The summed E-state index contributed by atoms with van der Waals surface area (Å²) in [5.41, 5.74) is 1.52. The average Bonchev–Trinajstić information content (AvgIpc) is 2.46. The number of anilines is 1. The normalized spacial score (nSPS) is 12.1. The fourth-order valence-corrected chi connectivity index (χ4v) is 2.31. The van der Waals surface area contributed by atoms with Crippen LogP contribution in [0.4, 0.5) is 5.69 Å². The van der Waals surface area contributed by atoms with Crippen molar-refractivity contribution in [1.29, 1.82) is 0 Å². The summed E-state index contributed by atoms with van der Waals surface area (Å²) in [6.07, 6.45) is 1.96. The molecular weight excluding hydrogens is 272 g/mol. The quantitative estimate of drug-likeness (QED) is 0.807. The Hall–Kier alpha value is -1.22. The van der Waals surface area contributed by atoms with Gasteiger partial charge < -0.3 is 10.2 Å². The minimum absolute atomic E-state index is 0.0444.